The highest BCUT2D eigenvalue weighted by atomic mass is 16.5. The van der Waals surface area contributed by atoms with E-state index >= 15 is 0 Å². The molecular formula is C23H23N5O3. The van der Waals surface area contributed by atoms with Crippen LogP contribution in [0.5, 0.6) is 5.75 Å². The predicted octanol–water partition coefficient (Wildman–Crippen LogP) is 3.68. The van der Waals surface area contributed by atoms with Crippen molar-refractivity contribution in [1.29, 1.82) is 0 Å². The molecule has 1 saturated heterocycles. The van der Waals surface area contributed by atoms with Crippen LogP contribution in [0.2, 0.25) is 0 Å². The molecule has 5 rings (SSSR count). The van der Waals surface area contributed by atoms with E-state index in [1.165, 1.54) is 0 Å². The number of aryl methyl sites for hydroxylation is 1. The molecule has 0 bridgehead atoms. The van der Waals surface area contributed by atoms with E-state index in [0.29, 0.717) is 24.7 Å². The second-order valence-corrected chi connectivity index (χ2v) is 7.59. The maximum atomic E-state index is 12.3. The van der Waals surface area contributed by atoms with Crippen molar-refractivity contribution < 1.29 is 14.1 Å². The fraction of sp³-hybridized carbons (Fsp3) is 0.304. The highest BCUT2D eigenvalue weighted by Gasteiger charge is 2.18. The summed E-state index contributed by atoms with van der Waals surface area (Å²) in [7, 11) is 0. The quantitative estimate of drug-likeness (QED) is 0.456. The van der Waals surface area contributed by atoms with Crippen LogP contribution < -0.4 is 4.74 Å². The van der Waals surface area contributed by atoms with E-state index in [1.54, 1.807) is 6.33 Å². The number of carbonyl (C=O) groups excluding carboxylic acids is 1. The number of likely N-dealkylation sites (tertiary alicyclic amines) is 1. The minimum absolute atomic E-state index is 0.207. The van der Waals surface area contributed by atoms with Gasteiger partial charge in [-0.2, -0.15) is 4.98 Å². The van der Waals surface area contributed by atoms with Crippen molar-refractivity contribution in [1.82, 2.24) is 24.6 Å². The van der Waals surface area contributed by atoms with Gasteiger partial charge in [0.05, 0.1) is 17.4 Å². The Morgan fingerprint density at radius 3 is 2.77 bits per heavy atom. The Hall–Kier alpha value is -3.68. The molecule has 8 heteroatoms. The summed E-state index contributed by atoms with van der Waals surface area (Å²) in [6.07, 6.45) is 4.49. The number of ether oxygens (including phenoxy) is 1. The SMILES string of the molecule is O=C(CCn1cnc2cc(-c3noc(COc4ccccc4)n3)ccc21)N1CCCC1. The minimum atomic E-state index is 0.207. The van der Waals surface area contributed by atoms with Crippen LogP contribution in [0.3, 0.4) is 0 Å². The standard InChI is InChI=1S/C23H23N5O3/c29-22(27-11-4-5-12-27)10-13-28-16-24-19-14-17(8-9-20(19)28)23-25-21(31-26-23)15-30-18-6-2-1-3-7-18/h1-3,6-9,14,16H,4-5,10-13,15H2. The molecule has 31 heavy (non-hydrogen) atoms. The second-order valence-electron chi connectivity index (χ2n) is 7.59. The van der Waals surface area contributed by atoms with Crippen LogP contribution in [0.15, 0.2) is 59.4 Å². The molecule has 0 saturated carbocycles. The summed E-state index contributed by atoms with van der Waals surface area (Å²) in [6.45, 7) is 2.60. The average Bonchev–Trinajstić information content (AvgIpc) is 3.57. The highest BCUT2D eigenvalue weighted by molar-refractivity contribution is 5.81. The number of benzene rings is 2. The molecule has 0 radical (unpaired) electrons. The lowest BCUT2D eigenvalue weighted by atomic mass is 10.2. The lowest BCUT2D eigenvalue weighted by molar-refractivity contribution is -0.130. The zero-order valence-corrected chi connectivity index (χ0v) is 17.1. The number of amides is 1. The average molecular weight is 417 g/mol. The molecule has 158 valence electrons. The molecular weight excluding hydrogens is 394 g/mol. The van der Waals surface area contributed by atoms with Gasteiger partial charge >= 0.3 is 0 Å². The molecule has 0 atom stereocenters. The number of hydrogen-bond acceptors (Lipinski definition) is 6. The van der Waals surface area contributed by atoms with Crippen LogP contribution in [0, 0.1) is 0 Å². The summed E-state index contributed by atoms with van der Waals surface area (Å²) in [5.74, 6) is 1.86. The number of carbonyl (C=O) groups is 1. The molecule has 0 aliphatic carbocycles. The molecule has 1 aliphatic rings. The molecule has 0 N–H and O–H groups in total. The van der Waals surface area contributed by atoms with Crippen molar-refractivity contribution in [2.45, 2.75) is 32.4 Å². The number of aromatic nitrogens is 4. The maximum Gasteiger partial charge on any atom is 0.264 e. The van der Waals surface area contributed by atoms with Gasteiger partial charge in [-0.1, -0.05) is 23.4 Å². The van der Waals surface area contributed by atoms with E-state index in [-0.39, 0.29) is 12.5 Å². The summed E-state index contributed by atoms with van der Waals surface area (Å²) < 4.78 is 13.0. The first-order chi connectivity index (χ1) is 15.3. The molecule has 8 nitrogen and oxygen atoms in total. The maximum absolute atomic E-state index is 12.3. The molecule has 4 aromatic rings. The number of hydrogen-bond donors (Lipinski definition) is 0. The topological polar surface area (TPSA) is 86.3 Å². The minimum Gasteiger partial charge on any atom is -0.484 e. The fourth-order valence-electron chi connectivity index (χ4n) is 3.81. The number of nitrogens with zero attached hydrogens (tertiary/aromatic N) is 5. The third-order valence-electron chi connectivity index (χ3n) is 5.48. The second kappa shape index (κ2) is 8.59. The van der Waals surface area contributed by atoms with Crippen molar-refractivity contribution in [2.75, 3.05) is 13.1 Å². The highest BCUT2D eigenvalue weighted by Crippen LogP contribution is 2.23. The number of imidazole rings is 1. The van der Waals surface area contributed by atoms with Gasteiger partial charge in [-0.3, -0.25) is 4.79 Å². The zero-order chi connectivity index (χ0) is 21.0. The van der Waals surface area contributed by atoms with E-state index in [0.717, 1.165) is 48.3 Å². The van der Waals surface area contributed by atoms with E-state index < -0.39 is 0 Å². The van der Waals surface area contributed by atoms with Crippen LogP contribution >= 0.6 is 0 Å². The molecule has 1 aliphatic heterocycles. The summed E-state index contributed by atoms with van der Waals surface area (Å²) >= 11 is 0. The van der Waals surface area contributed by atoms with Crippen LogP contribution in [-0.4, -0.2) is 43.6 Å². The van der Waals surface area contributed by atoms with Crippen LogP contribution in [0.4, 0.5) is 0 Å². The largest absolute Gasteiger partial charge is 0.484 e. The van der Waals surface area contributed by atoms with E-state index in [2.05, 4.69) is 15.1 Å². The van der Waals surface area contributed by atoms with Crippen molar-refractivity contribution in [3.8, 4) is 17.1 Å². The van der Waals surface area contributed by atoms with Crippen molar-refractivity contribution in [3.05, 3.63) is 60.7 Å². The number of para-hydroxylation sites is 1. The van der Waals surface area contributed by atoms with Gasteiger partial charge < -0.3 is 18.7 Å². The van der Waals surface area contributed by atoms with Crippen LogP contribution in [0.25, 0.3) is 22.4 Å². The van der Waals surface area contributed by atoms with Crippen molar-refractivity contribution >= 4 is 16.9 Å². The molecule has 1 fully saturated rings. The van der Waals surface area contributed by atoms with Gasteiger partial charge in [0.25, 0.3) is 5.89 Å². The lowest BCUT2D eigenvalue weighted by Gasteiger charge is -2.15. The Bertz CT molecular complexity index is 1180. The molecule has 3 heterocycles. The first-order valence-electron chi connectivity index (χ1n) is 10.5. The molecule has 0 spiro atoms. The van der Waals surface area contributed by atoms with Gasteiger partial charge in [-0.15, -0.1) is 0 Å². The third kappa shape index (κ3) is 4.28. The Morgan fingerprint density at radius 2 is 1.94 bits per heavy atom. The zero-order valence-electron chi connectivity index (χ0n) is 17.1. The van der Waals surface area contributed by atoms with E-state index in [1.807, 2.05) is 58.0 Å². The molecule has 1 amide bonds. The predicted molar refractivity (Wildman–Crippen MR) is 114 cm³/mol. The normalized spacial score (nSPS) is 13.7. The smallest absolute Gasteiger partial charge is 0.264 e. The molecule has 2 aromatic carbocycles. The summed E-state index contributed by atoms with van der Waals surface area (Å²) in [4.78, 5) is 23.2. The number of rotatable bonds is 7. The first-order valence-corrected chi connectivity index (χ1v) is 10.5. The van der Waals surface area contributed by atoms with Gasteiger partial charge in [0.2, 0.25) is 11.7 Å². The third-order valence-corrected chi connectivity index (χ3v) is 5.48. The van der Waals surface area contributed by atoms with E-state index in [9.17, 15) is 4.79 Å². The Morgan fingerprint density at radius 1 is 1.10 bits per heavy atom. The lowest BCUT2D eigenvalue weighted by Crippen LogP contribution is -2.28. The van der Waals surface area contributed by atoms with Crippen molar-refractivity contribution in [3.63, 3.8) is 0 Å². The number of fused-ring (bicyclic) bond motifs is 1. The Labute approximate surface area is 179 Å². The van der Waals surface area contributed by atoms with Gasteiger partial charge in [0, 0.05) is 31.6 Å². The van der Waals surface area contributed by atoms with Gasteiger partial charge in [-0.25, -0.2) is 4.98 Å². The van der Waals surface area contributed by atoms with Crippen LogP contribution in [-0.2, 0) is 17.9 Å². The monoisotopic (exact) mass is 417 g/mol. The Kier molecular flexibility index (Phi) is 5.35. The first kappa shape index (κ1) is 19.3. The van der Waals surface area contributed by atoms with Gasteiger partial charge in [0.1, 0.15) is 5.75 Å². The molecule has 0 unspecified atom stereocenters. The fourth-order valence-corrected chi connectivity index (χ4v) is 3.81. The van der Waals surface area contributed by atoms with Crippen LogP contribution in [0.1, 0.15) is 25.2 Å². The Balaban J connectivity index is 1.25. The van der Waals surface area contributed by atoms with Crippen molar-refractivity contribution in [2.24, 2.45) is 0 Å². The van der Waals surface area contributed by atoms with Gasteiger partial charge in [0.15, 0.2) is 6.61 Å². The summed E-state index contributed by atoms with van der Waals surface area (Å²) in [6, 6.07) is 15.3. The summed E-state index contributed by atoms with van der Waals surface area (Å²) in [5, 5.41) is 4.07. The molecule has 2 aromatic heterocycles. The van der Waals surface area contributed by atoms with Gasteiger partial charge in [-0.05, 0) is 43.2 Å². The van der Waals surface area contributed by atoms with E-state index in [4.69, 9.17) is 9.26 Å². The summed E-state index contributed by atoms with van der Waals surface area (Å²) in [5.41, 5.74) is 2.63.